The molecule has 0 spiro atoms. The van der Waals surface area contributed by atoms with E-state index in [9.17, 15) is 19.2 Å². The minimum absolute atomic E-state index is 0.0219. The molecule has 0 heterocycles. The van der Waals surface area contributed by atoms with Crippen LogP contribution >= 0.6 is 0 Å². The molecule has 0 fully saturated rings. The van der Waals surface area contributed by atoms with Crippen molar-refractivity contribution in [3.8, 4) is 11.5 Å². The zero-order valence-corrected chi connectivity index (χ0v) is 24.7. The average molecular weight is 568 g/mol. The number of hydrogen-bond donors (Lipinski definition) is 1. The first-order valence-corrected chi connectivity index (χ1v) is 13.9. The van der Waals surface area contributed by atoms with Crippen LogP contribution in [0.2, 0.25) is 0 Å². The minimum atomic E-state index is -1.07. The summed E-state index contributed by atoms with van der Waals surface area (Å²) >= 11 is 0. The van der Waals surface area contributed by atoms with Gasteiger partial charge in [0, 0.05) is 0 Å². The van der Waals surface area contributed by atoms with E-state index in [1.54, 1.807) is 33.8 Å². The van der Waals surface area contributed by atoms with Crippen LogP contribution in [0.4, 0.5) is 9.59 Å². The van der Waals surface area contributed by atoms with E-state index in [1.165, 1.54) is 12.1 Å². The number of esters is 2. The third-order valence-corrected chi connectivity index (χ3v) is 5.93. The van der Waals surface area contributed by atoms with Crippen LogP contribution in [0.3, 0.4) is 0 Å². The second-order valence-corrected chi connectivity index (χ2v) is 9.92. The molecule has 1 aromatic carbocycles. The van der Waals surface area contributed by atoms with Gasteiger partial charge in [-0.1, -0.05) is 46.6 Å². The van der Waals surface area contributed by atoms with Gasteiger partial charge >= 0.3 is 24.2 Å². The lowest BCUT2D eigenvalue weighted by atomic mass is 10.1. The van der Waals surface area contributed by atoms with Crippen molar-refractivity contribution < 1.29 is 47.6 Å². The van der Waals surface area contributed by atoms with Gasteiger partial charge in [0.05, 0.1) is 5.92 Å². The summed E-state index contributed by atoms with van der Waals surface area (Å²) in [6.45, 7) is 12.5. The van der Waals surface area contributed by atoms with Crippen LogP contribution in [-0.2, 0) is 35.0 Å². The topological polar surface area (TPSA) is 150 Å². The Hall–Kier alpha value is -3.34. The molecule has 0 aliphatic heterocycles. The molecule has 1 rings (SSSR count). The number of carbonyl (C=O) groups excluding carboxylic acids is 4. The lowest BCUT2D eigenvalue weighted by Crippen LogP contribution is -2.37. The Morgan fingerprint density at radius 1 is 0.750 bits per heavy atom. The molecule has 0 bridgehead atoms. The van der Waals surface area contributed by atoms with Gasteiger partial charge in [-0.3, -0.25) is 9.59 Å². The summed E-state index contributed by atoms with van der Waals surface area (Å²) in [5.41, 5.74) is 6.56. The van der Waals surface area contributed by atoms with Crippen LogP contribution in [0.15, 0.2) is 18.2 Å². The van der Waals surface area contributed by atoms with E-state index in [2.05, 4.69) is 0 Å². The summed E-state index contributed by atoms with van der Waals surface area (Å²) in [7, 11) is 0. The molecule has 0 saturated carbocycles. The largest absolute Gasteiger partial charge is 0.514 e. The fourth-order valence-corrected chi connectivity index (χ4v) is 3.50. The van der Waals surface area contributed by atoms with Crippen molar-refractivity contribution in [3.05, 3.63) is 23.8 Å². The van der Waals surface area contributed by atoms with Crippen LogP contribution in [0.1, 0.15) is 86.1 Å². The molecule has 5 atom stereocenters. The van der Waals surface area contributed by atoms with Gasteiger partial charge in [0.15, 0.2) is 11.5 Å². The van der Waals surface area contributed by atoms with Gasteiger partial charge in [-0.05, 0) is 64.2 Å². The maximum atomic E-state index is 12.5. The van der Waals surface area contributed by atoms with E-state index < -0.39 is 30.4 Å². The molecule has 0 aromatic heterocycles. The first-order valence-electron chi connectivity index (χ1n) is 13.9. The highest BCUT2D eigenvalue weighted by Gasteiger charge is 2.23. The molecule has 40 heavy (non-hydrogen) atoms. The van der Waals surface area contributed by atoms with Gasteiger partial charge in [0.1, 0.15) is 31.0 Å². The molecule has 11 heteroatoms. The fourth-order valence-electron chi connectivity index (χ4n) is 3.50. The van der Waals surface area contributed by atoms with E-state index in [-0.39, 0.29) is 48.6 Å². The Morgan fingerprint density at radius 3 is 1.82 bits per heavy atom. The predicted molar refractivity (Wildman–Crippen MR) is 147 cm³/mol. The van der Waals surface area contributed by atoms with E-state index >= 15 is 0 Å². The number of rotatable bonds is 16. The Morgan fingerprint density at radius 2 is 1.30 bits per heavy atom. The maximum Gasteiger partial charge on any atom is 0.514 e. The second-order valence-electron chi connectivity index (χ2n) is 9.92. The third-order valence-electron chi connectivity index (χ3n) is 5.93. The fraction of sp³-hybridized carbons (Fsp3) is 0.655. The lowest BCUT2D eigenvalue weighted by Gasteiger charge is -2.19. The maximum absolute atomic E-state index is 12.5. The molecular formula is C29H45NO10. The van der Waals surface area contributed by atoms with Crippen LogP contribution < -0.4 is 15.2 Å². The molecule has 0 amide bonds. The van der Waals surface area contributed by atoms with Gasteiger partial charge in [0.25, 0.3) is 0 Å². The van der Waals surface area contributed by atoms with Crippen LogP contribution in [0, 0.1) is 5.92 Å². The molecule has 11 nitrogen and oxygen atoms in total. The van der Waals surface area contributed by atoms with Crippen molar-refractivity contribution in [1.29, 1.82) is 0 Å². The molecule has 0 saturated heterocycles. The van der Waals surface area contributed by atoms with Gasteiger partial charge in [-0.25, -0.2) is 9.59 Å². The lowest BCUT2D eigenvalue weighted by molar-refractivity contribution is -0.160. The average Bonchev–Trinajstić information content (AvgIpc) is 2.88. The monoisotopic (exact) mass is 567 g/mol. The molecule has 3 unspecified atom stereocenters. The van der Waals surface area contributed by atoms with Crippen LogP contribution in [-0.4, -0.2) is 55.2 Å². The van der Waals surface area contributed by atoms with Crippen LogP contribution in [0.5, 0.6) is 11.5 Å². The van der Waals surface area contributed by atoms with E-state index in [0.717, 1.165) is 12.8 Å². The van der Waals surface area contributed by atoms with E-state index in [4.69, 9.17) is 34.2 Å². The molecule has 1 aromatic rings. The minimum Gasteiger partial charge on any atom is -0.462 e. The summed E-state index contributed by atoms with van der Waals surface area (Å²) in [6.07, 6.45) is 0.258. The summed E-state index contributed by atoms with van der Waals surface area (Å²) in [5, 5.41) is 0. The number of ether oxygens (including phenoxy) is 6. The van der Waals surface area contributed by atoms with Gasteiger partial charge in [-0.15, -0.1) is 0 Å². The number of carbonyl (C=O) groups is 4. The first-order chi connectivity index (χ1) is 18.9. The number of benzene rings is 1. The quantitative estimate of drug-likeness (QED) is 0.153. The highest BCUT2D eigenvalue weighted by molar-refractivity contribution is 5.76. The summed E-state index contributed by atoms with van der Waals surface area (Å²) in [4.78, 5) is 49.0. The zero-order valence-electron chi connectivity index (χ0n) is 24.7. The van der Waals surface area contributed by atoms with Crippen molar-refractivity contribution in [2.45, 2.75) is 111 Å². The van der Waals surface area contributed by atoms with Crippen molar-refractivity contribution in [1.82, 2.24) is 0 Å². The van der Waals surface area contributed by atoms with Gasteiger partial charge < -0.3 is 34.2 Å². The van der Waals surface area contributed by atoms with Crippen molar-refractivity contribution in [2.75, 3.05) is 6.61 Å². The smallest absolute Gasteiger partial charge is 0.462 e. The molecule has 226 valence electrons. The van der Waals surface area contributed by atoms with Crippen LogP contribution in [0.25, 0.3) is 0 Å². The van der Waals surface area contributed by atoms with Crippen molar-refractivity contribution in [2.24, 2.45) is 11.7 Å². The SMILES string of the molecule is CCCC(C)OC(=O)Oc1ccc(C[C@H](N)C(=O)O[C@@H](C)COC(=O)C(C)CC)cc1OC(=O)OC(C)CCC. The Kier molecular flexibility index (Phi) is 15.7. The Labute approximate surface area is 236 Å². The molecule has 2 N–H and O–H groups in total. The second kappa shape index (κ2) is 18.1. The molecule has 0 aliphatic carbocycles. The Balaban J connectivity index is 2.94. The normalized spacial score (nSPS) is 14.6. The van der Waals surface area contributed by atoms with E-state index in [1.807, 2.05) is 20.8 Å². The van der Waals surface area contributed by atoms with Gasteiger partial charge in [0.2, 0.25) is 0 Å². The zero-order chi connectivity index (χ0) is 30.2. The van der Waals surface area contributed by atoms with Crippen molar-refractivity contribution >= 4 is 24.2 Å². The van der Waals surface area contributed by atoms with Gasteiger partial charge in [-0.2, -0.15) is 0 Å². The van der Waals surface area contributed by atoms with E-state index in [0.29, 0.717) is 24.8 Å². The summed E-state index contributed by atoms with van der Waals surface area (Å²) in [5.74, 6) is -1.48. The molecular weight excluding hydrogens is 522 g/mol. The predicted octanol–water partition coefficient (Wildman–Crippen LogP) is 5.49. The number of nitrogens with two attached hydrogens (primary N) is 1. The first kappa shape index (κ1) is 34.7. The summed E-state index contributed by atoms with van der Waals surface area (Å²) < 4.78 is 31.6. The number of hydrogen-bond acceptors (Lipinski definition) is 11. The van der Waals surface area contributed by atoms with Crippen molar-refractivity contribution in [3.63, 3.8) is 0 Å². The highest BCUT2D eigenvalue weighted by atomic mass is 16.7. The molecule has 0 aliphatic rings. The third kappa shape index (κ3) is 13.1. The molecule has 0 radical (unpaired) electrons. The standard InChI is InChI=1S/C29H45NO10/c1-8-11-19(5)37-28(33)39-24-14-13-22(16-25(24)40-29(34)38-20(6)12-9-2)15-23(30)27(32)36-21(7)17-35-26(31)18(4)10-3/h13-14,16,18-21,23H,8-12,15,17,30H2,1-7H3/t18?,19?,20?,21-,23-/m0/s1. The highest BCUT2D eigenvalue weighted by Crippen LogP contribution is 2.30. The Bertz CT molecular complexity index is 966. The summed E-state index contributed by atoms with van der Waals surface area (Å²) in [6, 6.07) is 3.34.